The van der Waals surface area contributed by atoms with Crippen molar-refractivity contribution in [2.75, 3.05) is 17.1 Å². The van der Waals surface area contributed by atoms with Crippen molar-refractivity contribution in [2.24, 2.45) is 0 Å². The molecule has 2 amide bonds. The number of hydrogen-bond donors (Lipinski definition) is 1. The second kappa shape index (κ2) is 14.9. The van der Waals surface area contributed by atoms with Gasteiger partial charge in [0.25, 0.3) is 0 Å². The first-order valence-electron chi connectivity index (χ1n) is 13.9. The third kappa shape index (κ3) is 9.48. The van der Waals surface area contributed by atoms with Crippen LogP contribution < -0.4 is 9.62 Å². The fourth-order valence-corrected chi connectivity index (χ4v) is 6.08. The number of amides is 2. The van der Waals surface area contributed by atoms with Crippen LogP contribution in [0, 0.1) is 13.8 Å². The van der Waals surface area contributed by atoms with Crippen molar-refractivity contribution in [1.82, 2.24) is 10.2 Å². The van der Waals surface area contributed by atoms with Crippen LogP contribution in [0.2, 0.25) is 10.0 Å². The van der Waals surface area contributed by atoms with E-state index >= 15 is 0 Å². The minimum Gasteiger partial charge on any atom is -0.352 e. The molecule has 0 saturated carbocycles. The molecule has 3 aromatic rings. The van der Waals surface area contributed by atoms with E-state index in [1.807, 2.05) is 70.2 Å². The minimum atomic E-state index is -3.59. The zero-order valence-electron chi connectivity index (χ0n) is 24.7. The summed E-state index contributed by atoms with van der Waals surface area (Å²) in [7, 11) is -3.59. The van der Waals surface area contributed by atoms with Gasteiger partial charge in [0, 0.05) is 42.0 Å². The van der Waals surface area contributed by atoms with Gasteiger partial charge in [0.15, 0.2) is 0 Å². The predicted molar refractivity (Wildman–Crippen MR) is 172 cm³/mol. The van der Waals surface area contributed by atoms with E-state index in [0.717, 1.165) is 22.9 Å². The van der Waals surface area contributed by atoms with Gasteiger partial charge in [-0.05, 0) is 80.6 Å². The summed E-state index contributed by atoms with van der Waals surface area (Å²) in [6.07, 6.45) is 1.75. The van der Waals surface area contributed by atoms with Crippen LogP contribution in [0.5, 0.6) is 0 Å². The Balaban J connectivity index is 1.91. The smallest absolute Gasteiger partial charge is 0.243 e. The number of nitrogens with zero attached hydrogens (tertiary/aromatic N) is 2. The molecule has 0 radical (unpaired) electrons. The van der Waals surface area contributed by atoms with E-state index in [1.165, 1.54) is 4.31 Å². The maximum atomic E-state index is 13.9. The lowest BCUT2D eigenvalue weighted by atomic mass is 10.0. The van der Waals surface area contributed by atoms with Gasteiger partial charge in [0.1, 0.15) is 6.04 Å². The van der Waals surface area contributed by atoms with Crippen molar-refractivity contribution in [1.29, 1.82) is 0 Å². The van der Waals surface area contributed by atoms with Crippen molar-refractivity contribution in [3.63, 3.8) is 0 Å². The maximum absolute atomic E-state index is 13.9. The lowest BCUT2D eigenvalue weighted by Crippen LogP contribution is -2.51. The van der Waals surface area contributed by atoms with Crippen molar-refractivity contribution in [3.05, 3.63) is 99.0 Å². The molecule has 0 fully saturated rings. The first-order chi connectivity index (χ1) is 19.8. The van der Waals surface area contributed by atoms with Crippen molar-refractivity contribution in [3.8, 4) is 0 Å². The Bertz CT molecular complexity index is 1500. The fraction of sp³-hybridized carbons (Fsp3) is 0.375. The lowest BCUT2D eigenvalue weighted by Gasteiger charge is -2.32. The quantitative estimate of drug-likeness (QED) is 0.239. The Labute approximate surface area is 259 Å². The van der Waals surface area contributed by atoms with Crippen LogP contribution in [-0.2, 0) is 32.6 Å². The van der Waals surface area contributed by atoms with Gasteiger partial charge < -0.3 is 10.2 Å². The number of carbonyl (C=O) groups is 2. The summed E-state index contributed by atoms with van der Waals surface area (Å²) in [5.41, 5.74) is 4.14. The Hall–Kier alpha value is -3.07. The molecule has 1 N–H and O–H groups in total. The highest BCUT2D eigenvalue weighted by Gasteiger charge is 2.31. The molecule has 7 nitrogen and oxygen atoms in total. The molecule has 0 aromatic heterocycles. The van der Waals surface area contributed by atoms with E-state index in [-0.39, 0.29) is 43.8 Å². The van der Waals surface area contributed by atoms with E-state index in [2.05, 4.69) is 5.32 Å². The molecule has 3 aromatic carbocycles. The van der Waals surface area contributed by atoms with E-state index in [0.29, 0.717) is 27.7 Å². The second-order valence-corrected chi connectivity index (χ2v) is 13.6. The zero-order valence-corrected chi connectivity index (χ0v) is 27.1. The Morgan fingerprint density at radius 2 is 1.62 bits per heavy atom. The molecule has 0 aliphatic carbocycles. The number of hydrogen-bond acceptors (Lipinski definition) is 4. The van der Waals surface area contributed by atoms with Crippen LogP contribution in [0.4, 0.5) is 5.69 Å². The van der Waals surface area contributed by atoms with Gasteiger partial charge in [-0.1, -0.05) is 65.7 Å². The molecule has 0 heterocycles. The zero-order chi connectivity index (χ0) is 31.0. The molecule has 3 rings (SSSR count). The summed E-state index contributed by atoms with van der Waals surface area (Å²) in [4.78, 5) is 29.0. The molecular formula is C32H39Cl2N3O4S. The Morgan fingerprint density at radius 1 is 0.929 bits per heavy atom. The molecule has 42 heavy (non-hydrogen) atoms. The van der Waals surface area contributed by atoms with E-state index in [1.54, 1.807) is 29.2 Å². The highest BCUT2D eigenvalue weighted by atomic mass is 35.5. The van der Waals surface area contributed by atoms with Crippen molar-refractivity contribution < 1.29 is 18.0 Å². The van der Waals surface area contributed by atoms with Gasteiger partial charge in [0.05, 0.1) is 11.9 Å². The minimum absolute atomic E-state index is 0.0301. The highest BCUT2D eigenvalue weighted by molar-refractivity contribution is 7.92. The number of nitrogens with one attached hydrogen (secondary N) is 1. The standard InChI is InChI=1S/C32H39Cl2N3O4S/c1-22(2)35-32(39)30(19-25-10-7-6-8-11-25)36(21-26-14-15-27(33)20-29(26)34)31(38)12-9-17-37(42(5,40)41)28-16-13-23(3)24(4)18-28/h6-8,10-11,13-16,18,20,22,30H,9,12,17,19,21H2,1-5H3,(H,35,39)/t30-/m1/s1. The van der Waals surface area contributed by atoms with Crippen LogP contribution >= 0.6 is 23.2 Å². The number of aryl methyl sites for hydroxylation is 2. The van der Waals surface area contributed by atoms with Gasteiger partial charge in [-0.15, -0.1) is 0 Å². The summed E-state index contributed by atoms with van der Waals surface area (Å²) >= 11 is 12.6. The summed E-state index contributed by atoms with van der Waals surface area (Å²) in [6.45, 7) is 7.83. The summed E-state index contributed by atoms with van der Waals surface area (Å²) in [5, 5.41) is 3.81. The molecule has 1 atom stereocenters. The summed E-state index contributed by atoms with van der Waals surface area (Å²) in [6, 6.07) is 19.1. The molecule has 0 aliphatic rings. The highest BCUT2D eigenvalue weighted by Crippen LogP contribution is 2.26. The van der Waals surface area contributed by atoms with Crippen molar-refractivity contribution in [2.45, 2.75) is 65.6 Å². The monoisotopic (exact) mass is 631 g/mol. The SMILES string of the molecule is Cc1ccc(N(CCCC(=O)N(Cc2ccc(Cl)cc2Cl)[C@H](Cc2ccccc2)C(=O)NC(C)C)S(C)(=O)=O)cc1C. The number of carbonyl (C=O) groups excluding carboxylic acids is 2. The lowest BCUT2D eigenvalue weighted by molar-refractivity contribution is -0.141. The van der Waals surface area contributed by atoms with E-state index in [4.69, 9.17) is 23.2 Å². The van der Waals surface area contributed by atoms with Gasteiger partial charge in [0.2, 0.25) is 21.8 Å². The largest absolute Gasteiger partial charge is 0.352 e. The Kier molecular flexibility index (Phi) is 11.9. The number of sulfonamides is 1. The third-order valence-corrected chi connectivity index (χ3v) is 8.77. The molecule has 0 aliphatic heterocycles. The van der Waals surface area contributed by atoms with Gasteiger partial charge in [-0.25, -0.2) is 8.42 Å². The first kappa shape index (κ1) is 33.4. The summed E-state index contributed by atoms with van der Waals surface area (Å²) in [5.74, 6) is -0.561. The molecule has 226 valence electrons. The van der Waals surface area contributed by atoms with Crippen LogP contribution in [-0.4, -0.2) is 50.0 Å². The van der Waals surface area contributed by atoms with Crippen LogP contribution in [0.15, 0.2) is 66.7 Å². The topological polar surface area (TPSA) is 86.8 Å². The number of anilines is 1. The molecule has 0 bridgehead atoms. The van der Waals surface area contributed by atoms with Crippen LogP contribution in [0.25, 0.3) is 0 Å². The number of benzene rings is 3. The molecular weight excluding hydrogens is 593 g/mol. The van der Waals surface area contributed by atoms with Gasteiger partial charge in [-0.2, -0.15) is 0 Å². The average molecular weight is 633 g/mol. The molecule has 10 heteroatoms. The van der Waals surface area contributed by atoms with Gasteiger partial charge in [-0.3, -0.25) is 13.9 Å². The summed E-state index contributed by atoms with van der Waals surface area (Å²) < 4.78 is 26.7. The third-order valence-electron chi connectivity index (χ3n) is 6.99. The van der Waals surface area contributed by atoms with E-state index in [9.17, 15) is 18.0 Å². The van der Waals surface area contributed by atoms with E-state index < -0.39 is 16.1 Å². The number of rotatable bonds is 13. The molecule has 0 unspecified atom stereocenters. The maximum Gasteiger partial charge on any atom is 0.243 e. The first-order valence-corrected chi connectivity index (χ1v) is 16.5. The second-order valence-electron chi connectivity index (χ2n) is 10.8. The van der Waals surface area contributed by atoms with Crippen molar-refractivity contribution >= 4 is 50.7 Å². The average Bonchev–Trinajstić information content (AvgIpc) is 2.90. The molecule has 0 saturated heterocycles. The Morgan fingerprint density at radius 3 is 2.21 bits per heavy atom. The van der Waals surface area contributed by atoms with Crippen LogP contribution in [0.3, 0.4) is 0 Å². The molecule has 0 spiro atoms. The van der Waals surface area contributed by atoms with Gasteiger partial charge >= 0.3 is 0 Å². The fourth-order valence-electron chi connectivity index (χ4n) is 4.65. The number of halogens is 2. The van der Waals surface area contributed by atoms with Crippen LogP contribution in [0.1, 0.15) is 48.9 Å². The predicted octanol–water partition coefficient (Wildman–Crippen LogP) is 6.32. The normalized spacial score (nSPS) is 12.2.